The molecule has 3 aromatic rings. The molecule has 0 aliphatic carbocycles. The minimum Gasteiger partial charge on any atom is -0.352 e. The average Bonchev–Trinajstić information content (AvgIpc) is 3.00. The maximum absolute atomic E-state index is 12.0. The minimum atomic E-state index is -0.0729. The van der Waals surface area contributed by atoms with Gasteiger partial charge in [0, 0.05) is 35.7 Å². The Bertz CT molecular complexity index is 844. The highest BCUT2D eigenvalue weighted by atomic mass is 32.1. The van der Waals surface area contributed by atoms with Crippen molar-refractivity contribution in [1.29, 1.82) is 0 Å². The molecule has 0 atom stereocenters. The third-order valence-electron chi connectivity index (χ3n) is 3.33. The lowest BCUT2D eigenvalue weighted by atomic mass is 10.2. The molecule has 0 saturated carbocycles. The van der Waals surface area contributed by atoms with Crippen LogP contribution in [-0.2, 0) is 17.8 Å². The van der Waals surface area contributed by atoms with Crippen molar-refractivity contribution in [3.63, 3.8) is 0 Å². The van der Waals surface area contributed by atoms with E-state index in [1.165, 1.54) is 11.3 Å². The Morgan fingerprint density at radius 2 is 1.84 bits per heavy atom. The van der Waals surface area contributed by atoms with Crippen molar-refractivity contribution in [1.82, 2.24) is 25.3 Å². The van der Waals surface area contributed by atoms with Gasteiger partial charge in [-0.2, -0.15) is 0 Å². The Labute approximate surface area is 149 Å². The van der Waals surface area contributed by atoms with Gasteiger partial charge in [-0.3, -0.25) is 9.78 Å². The van der Waals surface area contributed by atoms with Crippen LogP contribution >= 0.6 is 11.3 Å². The largest absolute Gasteiger partial charge is 0.352 e. The second-order valence-electron chi connectivity index (χ2n) is 5.55. The fourth-order valence-electron chi connectivity index (χ4n) is 2.25. The molecule has 0 radical (unpaired) electrons. The summed E-state index contributed by atoms with van der Waals surface area (Å²) >= 11 is 1.42. The van der Waals surface area contributed by atoms with E-state index in [0.717, 1.165) is 17.0 Å². The van der Waals surface area contributed by atoms with Crippen molar-refractivity contribution in [2.24, 2.45) is 0 Å². The summed E-state index contributed by atoms with van der Waals surface area (Å²) in [5.74, 6) is 0.442. The van der Waals surface area contributed by atoms with Crippen LogP contribution in [0, 0.1) is 13.8 Å². The van der Waals surface area contributed by atoms with Crippen LogP contribution in [-0.4, -0.2) is 25.8 Å². The van der Waals surface area contributed by atoms with Crippen molar-refractivity contribution in [2.75, 3.05) is 5.32 Å². The molecular weight excluding hydrogens is 336 g/mol. The van der Waals surface area contributed by atoms with E-state index in [-0.39, 0.29) is 12.3 Å². The predicted octanol–water partition coefficient (Wildman–Crippen LogP) is 2.55. The van der Waals surface area contributed by atoms with Gasteiger partial charge in [0.1, 0.15) is 0 Å². The van der Waals surface area contributed by atoms with E-state index in [9.17, 15) is 4.79 Å². The van der Waals surface area contributed by atoms with Crippen LogP contribution in [0.15, 0.2) is 36.0 Å². The standard InChI is InChI=1S/C17H18N6OS/c1-11-7-12(2)21-16(20-11)23-17-22-14(10-25-17)8-15(24)19-9-13-3-5-18-6-4-13/h3-7,10H,8-9H2,1-2H3,(H,19,24)(H,20,21,22,23). The number of amides is 1. The van der Waals surface area contributed by atoms with Gasteiger partial charge in [-0.1, -0.05) is 0 Å². The van der Waals surface area contributed by atoms with Crippen LogP contribution in [0.5, 0.6) is 0 Å². The number of nitrogens with zero attached hydrogens (tertiary/aromatic N) is 4. The van der Waals surface area contributed by atoms with Crippen LogP contribution in [0.2, 0.25) is 0 Å². The number of carbonyl (C=O) groups excluding carboxylic acids is 1. The molecule has 0 aliphatic rings. The summed E-state index contributed by atoms with van der Waals surface area (Å²) < 4.78 is 0. The van der Waals surface area contributed by atoms with Crippen molar-refractivity contribution < 1.29 is 4.79 Å². The highest BCUT2D eigenvalue weighted by molar-refractivity contribution is 7.13. The summed E-state index contributed by atoms with van der Waals surface area (Å²) in [7, 11) is 0. The first-order valence-corrected chi connectivity index (χ1v) is 8.66. The average molecular weight is 354 g/mol. The molecule has 0 fully saturated rings. The highest BCUT2D eigenvalue weighted by Gasteiger charge is 2.09. The van der Waals surface area contributed by atoms with Crippen LogP contribution in [0.4, 0.5) is 11.1 Å². The Kier molecular flexibility index (Phi) is 5.30. The molecule has 3 aromatic heterocycles. The lowest BCUT2D eigenvalue weighted by Gasteiger charge is -2.04. The van der Waals surface area contributed by atoms with E-state index in [1.807, 2.05) is 37.4 Å². The van der Waals surface area contributed by atoms with Crippen molar-refractivity contribution in [2.45, 2.75) is 26.8 Å². The number of pyridine rings is 1. The van der Waals surface area contributed by atoms with E-state index in [2.05, 4.69) is 30.6 Å². The van der Waals surface area contributed by atoms with Gasteiger partial charge >= 0.3 is 0 Å². The number of rotatable bonds is 6. The Morgan fingerprint density at radius 3 is 2.56 bits per heavy atom. The Hall–Kier alpha value is -2.87. The smallest absolute Gasteiger partial charge is 0.229 e. The second kappa shape index (κ2) is 7.80. The predicted molar refractivity (Wildman–Crippen MR) is 96.7 cm³/mol. The summed E-state index contributed by atoms with van der Waals surface area (Å²) in [5, 5.41) is 8.48. The molecule has 0 bridgehead atoms. The maximum Gasteiger partial charge on any atom is 0.229 e. The Morgan fingerprint density at radius 1 is 1.12 bits per heavy atom. The monoisotopic (exact) mass is 354 g/mol. The summed E-state index contributed by atoms with van der Waals surface area (Å²) in [6.45, 7) is 4.31. The molecule has 0 unspecified atom stereocenters. The second-order valence-corrected chi connectivity index (χ2v) is 6.41. The molecule has 128 valence electrons. The third-order valence-corrected chi connectivity index (χ3v) is 4.14. The first kappa shape index (κ1) is 17.0. The first-order chi connectivity index (χ1) is 12.1. The summed E-state index contributed by atoms with van der Waals surface area (Å²) in [6, 6.07) is 5.65. The SMILES string of the molecule is Cc1cc(C)nc(Nc2nc(CC(=O)NCc3ccncc3)cs2)n1. The fourth-order valence-corrected chi connectivity index (χ4v) is 2.96. The van der Waals surface area contributed by atoms with Gasteiger partial charge in [-0.15, -0.1) is 11.3 Å². The van der Waals surface area contributed by atoms with Crippen molar-refractivity contribution >= 4 is 28.3 Å². The van der Waals surface area contributed by atoms with Gasteiger partial charge in [-0.25, -0.2) is 15.0 Å². The van der Waals surface area contributed by atoms with Gasteiger partial charge in [-0.05, 0) is 37.6 Å². The van der Waals surface area contributed by atoms with E-state index >= 15 is 0 Å². The number of hydrogen-bond donors (Lipinski definition) is 2. The van der Waals surface area contributed by atoms with E-state index < -0.39 is 0 Å². The molecular formula is C17H18N6OS. The molecule has 0 aliphatic heterocycles. The zero-order valence-electron chi connectivity index (χ0n) is 14.0. The normalized spacial score (nSPS) is 10.5. The van der Waals surface area contributed by atoms with Gasteiger partial charge in [0.05, 0.1) is 12.1 Å². The minimum absolute atomic E-state index is 0.0729. The van der Waals surface area contributed by atoms with Crippen molar-refractivity contribution in [3.8, 4) is 0 Å². The fraction of sp³-hybridized carbons (Fsp3) is 0.235. The number of anilines is 2. The van der Waals surface area contributed by atoms with Crippen molar-refractivity contribution in [3.05, 3.63) is 58.6 Å². The third kappa shape index (κ3) is 5.05. The van der Waals surface area contributed by atoms with E-state index in [4.69, 9.17) is 0 Å². The maximum atomic E-state index is 12.0. The molecule has 3 heterocycles. The molecule has 25 heavy (non-hydrogen) atoms. The van der Waals surface area contributed by atoms with Gasteiger partial charge in [0.15, 0.2) is 5.13 Å². The number of aryl methyl sites for hydroxylation is 2. The molecule has 7 nitrogen and oxygen atoms in total. The quantitative estimate of drug-likeness (QED) is 0.707. The lowest BCUT2D eigenvalue weighted by Crippen LogP contribution is -2.24. The number of carbonyl (C=O) groups is 1. The molecule has 3 rings (SSSR count). The van der Waals surface area contributed by atoms with Gasteiger partial charge in [0.2, 0.25) is 11.9 Å². The van der Waals surface area contributed by atoms with Gasteiger partial charge in [0.25, 0.3) is 0 Å². The molecule has 1 amide bonds. The zero-order chi connectivity index (χ0) is 17.6. The van der Waals surface area contributed by atoms with Crippen LogP contribution < -0.4 is 10.6 Å². The molecule has 0 aromatic carbocycles. The van der Waals surface area contributed by atoms with Crippen LogP contribution in [0.25, 0.3) is 0 Å². The number of nitrogens with one attached hydrogen (secondary N) is 2. The molecule has 8 heteroatoms. The lowest BCUT2D eigenvalue weighted by molar-refractivity contribution is -0.120. The highest BCUT2D eigenvalue weighted by Crippen LogP contribution is 2.19. The van der Waals surface area contributed by atoms with Crippen LogP contribution in [0.3, 0.4) is 0 Å². The zero-order valence-corrected chi connectivity index (χ0v) is 14.8. The number of aromatic nitrogens is 4. The molecule has 2 N–H and O–H groups in total. The topological polar surface area (TPSA) is 92.7 Å². The number of thiazole rings is 1. The first-order valence-electron chi connectivity index (χ1n) is 7.78. The summed E-state index contributed by atoms with van der Waals surface area (Å²) in [6.07, 6.45) is 3.64. The van der Waals surface area contributed by atoms with E-state index in [1.54, 1.807) is 12.4 Å². The summed E-state index contributed by atoms with van der Waals surface area (Å²) in [5.41, 5.74) is 3.50. The van der Waals surface area contributed by atoms with Gasteiger partial charge < -0.3 is 10.6 Å². The molecule has 0 spiro atoms. The Balaban J connectivity index is 1.55. The van der Waals surface area contributed by atoms with Crippen LogP contribution in [0.1, 0.15) is 22.6 Å². The number of hydrogen-bond acceptors (Lipinski definition) is 7. The van der Waals surface area contributed by atoms with E-state index in [0.29, 0.717) is 23.3 Å². The summed E-state index contributed by atoms with van der Waals surface area (Å²) in [4.78, 5) is 29.0. The molecule has 0 saturated heterocycles.